The first-order chi connectivity index (χ1) is 8.35. The van der Waals surface area contributed by atoms with Crippen molar-refractivity contribution in [2.24, 2.45) is 0 Å². The van der Waals surface area contributed by atoms with Crippen molar-refractivity contribution in [2.75, 3.05) is 7.11 Å². The lowest BCUT2D eigenvalue weighted by molar-refractivity contribution is 0.00262. The SMILES string of the molecule is CONC1CC(C)(C)Oc2cc(C)c(Br)c(C)c21. The van der Waals surface area contributed by atoms with Crippen LogP contribution in [0.5, 0.6) is 5.75 Å². The molecular formula is C14H20BrNO2. The quantitative estimate of drug-likeness (QED) is 0.842. The van der Waals surface area contributed by atoms with Crippen LogP contribution in [0.25, 0.3) is 0 Å². The third-order valence-electron chi connectivity index (χ3n) is 3.38. The van der Waals surface area contributed by atoms with Gasteiger partial charge in [0, 0.05) is 16.5 Å². The fraction of sp³-hybridized carbons (Fsp3) is 0.571. The van der Waals surface area contributed by atoms with Gasteiger partial charge in [-0.05, 0) is 44.9 Å². The molecule has 4 heteroatoms. The Bertz CT molecular complexity index is 471. The molecule has 1 aliphatic rings. The minimum absolute atomic E-state index is 0.158. The second-order valence-corrected chi connectivity index (χ2v) is 6.28. The van der Waals surface area contributed by atoms with E-state index in [1.807, 2.05) is 0 Å². The van der Waals surface area contributed by atoms with Gasteiger partial charge < -0.3 is 9.57 Å². The van der Waals surface area contributed by atoms with Gasteiger partial charge in [-0.1, -0.05) is 15.9 Å². The molecular weight excluding hydrogens is 294 g/mol. The van der Waals surface area contributed by atoms with Crippen LogP contribution in [0.3, 0.4) is 0 Å². The van der Waals surface area contributed by atoms with E-state index in [1.54, 1.807) is 7.11 Å². The molecule has 18 heavy (non-hydrogen) atoms. The van der Waals surface area contributed by atoms with Crippen LogP contribution in [0, 0.1) is 13.8 Å². The van der Waals surface area contributed by atoms with Gasteiger partial charge in [0.25, 0.3) is 0 Å². The summed E-state index contributed by atoms with van der Waals surface area (Å²) in [6, 6.07) is 2.25. The normalized spacial score (nSPS) is 21.3. The molecule has 2 rings (SSSR count). The maximum Gasteiger partial charge on any atom is 0.125 e. The maximum atomic E-state index is 6.10. The maximum absolute atomic E-state index is 6.10. The number of nitrogens with one attached hydrogen (secondary N) is 1. The van der Waals surface area contributed by atoms with E-state index in [0.29, 0.717) is 0 Å². The van der Waals surface area contributed by atoms with Crippen molar-refractivity contribution in [1.82, 2.24) is 5.48 Å². The van der Waals surface area contributed by atoms with Gasteiger partial charge in [-0.2, -0.15) is 5.48 Å². The second-order valence-electron chi connectivity index (χ2n) is 5.48. The van der Waals surface area contributed by atoms with Crippen LogP contribution in [-0.4, -0.2) is 12.7 Å². The molecule has 1 aromatic rings. The summed E-state index contributed by atoms with van der Waals surface area (Å²) in [6.45, 7) is 8.41. The average Bonchev–Trinajstić information content (AvgIpc) is 2.24. The lowest BCUT2D eigenvalue weighted by Gasteiger charge is -2.38. The van der Waals surface area contributed by atoms with E-state index in [2.05, 4.69) is 55.2 Å². The Labute approximate surface area is 117 Å². The highest BCUT2D eigenvalue weighted by molar-refractivity contribution is 9.10. The summed E-state index contributed by atoms with van der Waals surface area (Å²) in [6.07, 6.45) is 0.879. The molecule has 0 bridgehead atoms. The minimum atomic E-state index is -0.185. The van der Waals surface area contributed by atoms with E-state index >= 15 is 0 Å². The Balaban J connectivity index is 2.56. The van der Waals surface area contributed by atoms with Crippen LogP contribution >= 0.6 is 15.9 Å². The molecule has 1 aromatic carbocycles. The molecule has 3 nitrogen and oxygen atoms in total. The second kappa shape index (κ2) is 4.83. The van der Waals surface area contributed by atoms with Crippen molar-refractivity contribution in [1.29, 1.82) is 0 Å². The predicted molar refractivity (Wildman–Crippen MR) is 75.8 cm³/mol. The summed E-state index contributed by atoms with van der Waals surface area (Å²) >= 11 is 3.64. The lowest BCUT2D eigenvalue weighted by atomic mass is 9.87. The smallest absolute Gasteiger partial charge is 0.125 e. The van der Waals surface area contributed by atoms with Gasteiger partial charge in [0.05, 0.1) is 13.2 Å². The lowest BCUT2D eigenvalue weighted by Crippen LogP contribution is -2.39. The third-order valence-corrected chi connectivity index (χ3v) is 4.60. The van der Waals surface area contributed by atoms with Gasteiger partial charge in [-0.15, -0.1) is 0 Å². The largest absolute Gasteiger partial charge is 0.487 e. The summed E-state index contributed by atoms with van der Waals surface area (Å²) in [7, 11) is 1.65. The molecule has 1 N–H and O–H groups in total. The van der Waals surface area contributed by atoms with Gasteiger partial charge in [-0.25, -0.2) is 0 Å². The molecule has 1 unspecified atom stereocenters. The zero-order valence-electron chi connectivity index (χ0n) is 11.6. The van der Waals surface area contributed by atoms with Crippen molar-refractivity contribution < 1.29 is 9.57 Å². The van der Waals surface area contributed by atoms with Gasteiger partial charge in [0.2, 0.25) is 0 Å². The highest BCUT2D eigenvalue weighted by atomic mass is 79.9. The van der Waals surface area contributed by atoms with E-state index in [-0.39, 0.29) is 11.6 Å². The van der Waals surface area contributed by atoms with E-state index in [4.69, 9.17) is 9.57 Å². The molecule has 1 heterocycles. The van der Waals surface area contributed by atoms with Crippen LogP contribution < -0.4 is 10.2 Å². The van der Waals surface area contributed by atoms with Gasteiger partial charge in [0.1, 0.15) is 11.4 Å². The van der Waals surface area contributed by atoms with Gasteiger partial charge in [-0.3, -0.25) is 0 Å². The van der Waals surface area contributed by atoms with Crippen molar-refractivity contribution in [2.45, 2.75) is 45.8 Å². The van der Waals surface area contributed by atoms with E-state index in [0.717, 1.165) is 16.6 Å². The minimum Gasteiger partial charge on any atom is -0.487 e. The first-order valence-corrected chi connectivity index (χ1v) is 6.92. The highest BCUT2D eigenvalue weighted by Gasteiger charge is 2.35. The van der Waals surface area contributed by atoms with E-state index < -0.39 is 0 Å². The van der Waals surface area contributed by atoms with E-state index in [9.17, 15) is 0 Å². The third kappa shape index (κ3) is 2.42. The number of hydrogen-bond donors (Lipinski definition) is 1. The average molecular weight is 314 g/mol. The molecule has 0 spiro atoms. The van der Waals surface area contributed by atoms with Crippen molar-refractivity contribution >= 4 is 15.9 Å². The molecule has 1 aliphatic heterocycles. The number of aryl methyl sites for hydroxylation is 1. The number of halogens is 1. The zero-order valence-corrected chi connectivity index (χ0v) is 13.1. The number of hydrogen-bond acceptors (Lipinski definition) is 3. The molecule has 0 saturated heterocycles. The van der Waals surface area contributed by atoms with Crippen molar-refractivity contribution in [3.8, 4) is 5.75 Å². The first kappa shape index (κ1) is 13.8. The Morgan fingerprint density at radius 2 is 2.11 bits per heavy atom. The van der Waals surface area contributed by atoms with Crippen LogP contribution in [0.4, 0.5) is 0 Å². The molecule has 100 valence electrons. The fourth-order valence-electron chi connectivity index (χ4n) is 2.63. The Morgan fingerprint density at radius 1 is 1.44 bits per heavy atom. The number of benzene rings is 1. The van der Waals surface area contributed by atoms with Gasteiger partial charge >= 0.3 is 0 Å². The molecule has 0 aliphatic carbocycles. The Hall–Kier alpha value is -0.580. The summed E-state index contributed by atoms with van der Waals surface area (Å²) in [5, 5.41) is 0. The van der Waals surface area contributed by atoms with Gasteiger partial charge in [0.15, 0.2) is 0 Å². The van der Waals surface area contributed by atoms with Crippen LogP contribution in [0.15, 0.2) is 10.5 Å². The summed E-state index contributed by atoms with van der Waals surface area (Å²) in [5.74, 6) is 0.957. The van der Waals surface area contributed by atoms with Crippen LogP contribution in [-0.2, 0) is 4.84 Å². The Kier molecular flexibility index (Phi) is 3.72. The summed E-state index contributed by atoms with van der Waals surface area (Å²) < 4.78 is 7.24. The van der Waals surface area contributed by atoms with Crippen LogP contribution in [0.2, 0.25) is 0 Å². The molecule has 0 saturated carbocycles. The van der Waals surface area contributed by atoms with Crippen LogP contribution in [0.1, 0.15) is 43.0 Å². The molecule has 0 aromatic heterocycles. The van der Waals surface area contributed by atoms with Crippen molar-refractivity contribution in [3.63, 3.8) is 0 Å². The van der Waals surface area contributed by atoms with Crippen molar-refractivity contribution in [3.05, 3.63) is 27.2 Å². The molecule has 0 amide bonds. The fourth-order valence-corrected chi connectivity index (χ4v) is 2.96. The predicted octanol–water partition coefficient (Wildman–Crippen LogP) is 3.82. The number of fused-ring (bicyclic) bond motifs is 1. The number of ether oxygens (including phenoxy) is 1. The first-order valence-electron chi connectivity index (χ1n) is 6.13. The topological polar surface area (TPSA) is 30.5 Å². The molecule has 0 radical (unpaired) electrons. The Morgan fingerprint density at radius 3 is 2.72 bits per heavy atom. The number of rotatable bonds is 2. The molecule has 0 fully saturated rings. The summed E-state index contributed by atoms with van der Waals surface area (Å²) in [4.78, 5) is 5.14. The zero-order chi connectivity index (χ0) is 13.5. The van der Waals surface area contributed by atoms with E-state index in [1.165, 1.54) is 16.7 Å². The monoisotopic (exact) mass is 313 g/mol. The molecule has 1 atom stereocenters. The standard InChI is InChI=1S/C14H20BrNO2/c1-8-6-11-12(9(2)13(8)15)10(16-17-5)7-14(3,4)18-11/h6,10,16H,7H2,1-5H3. The highest BCUT2D eigenvalue weighted by Crippen LogP contribution is 2.44. The summed E-state index contributed by atoms with van der Waals surface area (Å²) in [5.41, 5.74) is 6.50. The number of hydroxylamine groups is 1.